The number of hydrogen-bond donors (Lipinski definition) is 3. The zero-order valence-electron chi connectivity index (χ0n) is 28.6. The van der Waals surface area contributed by atoms with Gasteiger partial charge in [-0.1, -0.05) is 41.0 Å². The van der Waals surface area contributed by atoms with Crippen molar-refractivity contribution in [3.8, 4) is 11.8 Å². The van der Waals surface area contributed by atoms with E-state index in [4.69, 9.17) is 0 Å². The molecule has 3 N–H and O–H groups in total. The number of hydrogen-bond acceptors (Lipinski definition) is 5. The molecule has 0 saturated heterocycles. The summed E-state index contributed by atoms with van der Waals surface area (Å²) in [6, 6.07) is -0.774. The quantitative estimate of drug-likeness (QED) is 0.150. The van der Waals surface area contributed by atoms with Crippen LogP contribution in [0.5, 0.6) is 0 Å². The van der Waals surface area contributed by atoms with Crippen LogP contribution < -0.4 is 10.7 Å². The van der Waals surface area contributed by atoms with Crippen LogP contribution in [0, 0.1) is 41.4 Å². The van der Waals surface area contributed by atoms with Crippen molar-refractivity contribution in [2.75, 3.05) is 26.2 Å². The highest BCUT2D eigenvalue weighted by molar-refractivity contribution is 5.83. The van der Waals surface area contributed by atoms with Crippen LogP contribution in [0.2, 0.25) is 0 Å². The van der Waals surface area contributed by atoms with E-state index in [0.29, 0.717) is 38.9 Å². The van der Waals surface area contributed by atoms with Crippen LogP contribution in [0.3, 0.4) is 0 Å². The van der Waals surface area contributed by atoms with Crippen LogP contribution in [0.25, 0.3) is 0 Å². The summed E-state index contributed by atoms with van der Waals surface area (Å²) in [5, 5.41) is 16.3. The molecule has 8 nitrogen and oxygen atoms in total. The first-order valence-electron chi connectivity index (χ1n) is 17.4. The van der Waals surface area contributed by atoms with Crippen molar-refractivity contribution in [3.05, 3.63) is 0 Å². The SMILES string of the molecule is CC#CC1CC(C(=O)NC(CC2CC(F)CC(F)C2)C(O)CN(CCCC)NC(=O)C(C)C)CC(C(=O)N(CCC)CCC)C1. The van der Waals surface area contributed by atoms with Gasteiger partial charge >= 0.3 is 0 Å². The van der Waals surface area contributed by atoms with Gasteiger partial charge < -0.3 is 15.3 Å². The Morgan fingerprint density at radius 3 is 2.07 bits per heavy atom. The molecular formula is C35H60F2N4O4. The topological polar surface area (TPSA) is 102 Å². The average molecular weight is 639 g/mol. The molecular weight excluding hydrogens is 578 g/mol. The highest BCUT2D eigenvalue weighted by Gasteiger charge is 2.39. The summed E-state index contributed by atoms with van der Waals surface area (Å²) in [7, 11) is 0. The molecule has 2 saturated carbocycles. The van der Waals surface area contributed by atoms with E-state index in [1.807, 2.05) is 25.7 Å². The molecule has 0 radical (unpaired) electrons. The lowest BCUT2D eigenvalue weighted by atomic mass is 9.74. The highest BCUT2D eigenvalue weighted by atomic mass is 19.1. The first kappa shape index (κ1) is 38.9. The van der Waals surface area contributed by atoms with Gasteiger partial charge in [-0.15, -0.1) is 11.8 Å². The molecule has 0 aromatic carbocycles. The molecule has 0 bridgehead atoms. The predicted molar refractivity (Wildman–Crippen MR) is 174 cm³/mol. The first-order chi connectivity index (χ1) is 21.4. The van der Waals surface area contributed by atoms with Crippen molar-refractivity contribution in [1.82, 2.24) is 20.7 Å². The molecule has 10 heteroatoms. The molecule has 0 heterocycles. The number of amides is 3. The summed E-state index contributed by atoms with van der Waals surface area (Å²) >= 11 is 0. The standard InChI is InChI=1S/C35H60F2N4O4/c1-7-11-15-41(39-33(43)24(5)6)23-32(42)31(20-26-18-29(36)22-30(37)19-26)38-34(44)27-16-25(12-8-2)17-28(21-27)35(45)40(13-9-3)14-10-4/h24-32,42H,7,9-11,13-23H2,1-6H3,(H,38,44)(H,39,43). The van der Waals surface area contributed by atoms with Gasteiger partial charge in [0.1, 0.15) is 12.3 Å². The Kier molecular flexibility index (Phi) is 17.4. The maximum atomic E-state index is 14.4. The molecule has 258 valence electrons. The van der Waals surface area contributed by atoms with E-state index in [2.05, 4.69) is 22.6 Å². The number of unbranched alkanes of at least 4 members (excludes halogenated alkanes) is 1. The normalized spacial score (nSPS) is 26.5. The molecule has 0 aromatic heterocycles. The van der Waals surface area contributed by atoms with Crippen LogP contribution >= 0.6 is 0 Å². The fourth-order valence-electron chi connectivity index (χ4n) is 6.82. The lowest BCUT2D eigenvalue weighted by Crippen LogP contribution is -2.55. The highest BCUT2D eigenvalue weighted by Crippen LogP contribution is 2.36. The molecule has 3 amide bonds. The first-order valence-corrected chi connectivity index (χ1v) is 17.4. The Morgan fingerprint density at radius 2 is 1.51 bits per heavy atom. The zero-order valence-corrected chi connectivity index (χ0v) is 28.6. The number of hydrazine groups is 1. The number of alkyl halides is 2. The molecule has 45 heavy (non-hydrogen) atoms. The summed E-state index contributed by atoms with van der Waals surface area (Å²) in [6.07, 6.45) is 1.77. The number of nitrogens with zero attached hydrogens (tertiary/aromatic N) is 2. The van der Waals surface area contributed by atoms with E-state index >= 15 is 0 Å². The molecule has 0 spiro atoms. The van der Waals surface area contributed by atoms with Crippen LogP contribution in [0.1, 0.15) is 112 Å². The number of carbonyl (C=O) groups excluding carboxylic acids is 3. The van der Waals surface area contributed by atoms with Crippen molar-refractivity contribution in [2.24, 2.45) is 29.6 Å². The lowest BCUT2D eigenvalue weighted by molar-refractivity contribution is -0.139. The van der Waals surface area contributed by atoms with E-state index in [9.17, 15) is 28.3 Å². The van der Waals surface area contributed by atoms with Gasteiger partial charge in [-0.2, -0.15) is 0 Å². The molecule has 0 aromatic rings. The van der Waals surface area contributed by atoms with Gasteiger partial charge in [-0.05, 0) is 70.6 Å². The molecule has 2 aliphatic rings. The minimum atomic E-state index is -1.26. The van der Waals surface area contributed by atoms with Gasteiger partial charge in [0.2, 0.25) is 17.7 Å². The van der Waals surface area contributed by atoms with Gasteiger partial charge in [0.05, 0.1) is 12.1 Å². The second kappa shape index (κ2) is 20.1. The number of aliphatic hydroxyl groups is 1. The molecule has 7 atom stereocenters. The molecule has 2 rings (SSSR count). The van der Waals surface area contributed by atoms with E-state index in [1.165, 1.54) is 0 Å². The summed E-state index contributed by atoms with van der Waals surface area (Å²) in [6.45, 7) is 13.4. The monoisotopic (exact) mass is 638 g/mol. The van der Waals surface area contributed by atoms with Crippen molar-refractivity contribution < 1.29 is 28.3 Å². The Bertz CT molecular complexity index is 970. The van der Waals surface area contributed by atoms with Crippen LogP contribution in [0.4, 0.5) is 8.78 Å². The number of halogens is 2. The third kappa shape index (κ3) is 13.2. The van der Waals surface area contributed by atoms with E-state index in [-0.39, 0.29) is 73.6 Å². The summed E-state index contributed by atoms with van der Waals surface area (Å²) < 4.78 is 28.7. The lowest BCUT2D eigenvalue weighted by Gasteiger charge is -2.37. The number of carbonyl (C=O) groups is 3. The molecule has 2 fully saturated rings. The second-order valence-electron chi connectivity index (χ2n) is 13.6. The Balaban J connectivity index is 2.29. The molecule has 7 unspecified atom stereocenters. The van der Waals surface area contributed by atoms with E-state index in [0.717, 1.165) is 25.7 Å². The van der Waals surface area contributed by atoms with E-state index < -0.39 is 30.4 Å². The zero-order chi connectivity index (χ0) is 33.5. The minimum Gasteiger partial charge on any atom is -0.390 e. The predicted octanol–water partition coefficient (Wildman–Crippen LogP) is 5.19. The van der Waals surface area contributed by atoms with Gasteiger partial charge in [0.15, 0.2) is 0 Å². The Hall–Kier alpha value is -2.25. The number of aliphatic hydroxyl groups excluding tert-OH is 1. The van der Waals surface area contributed by atoms with Crippen molar-refractivity contribution in [3.63, 3.8) is 0 Å². The Morgan fingerprint density at radius 1 is 0.889 bits per heavy atom. The van der Waals surface area contributed by atoms with Crippen molar-refractivity contribution in [1.29, 1.82) is 0 Å². The third-order valence-electron chi connectivity index (χ3n) is 9.13. The fourth-order valence-corrected chi connectivity index (χ4v) is 6.82. The van der Waals surface area contributed by atoms with Crippen LogP contribution in [0.15, 0.2) is 0 Å². The molecule has 2 aliphatic carbocycles. The summed E-state index contributed by atoms with van der Waals surface area (Å²) in [5.74, 6) is 4.29. The van der Waals surface area contributed by atoms with Gasteiger partial charge in [-0.25, -0.2) is 13.8 Å². The number of nitrogens with one attached hydrogen (secondary N) is 2. The molecule has 0 aliphatic heterocycles. The average Bonchev–Trinajstić information content (AvgIpc) is 2.98. The fraction of sp³-hybridized carbons (Fsp3) is 0.857. The maximum Gasteiger partial charge on any atom is 0.236 e. The van der Waals surface area contributed by atoms with Crippen LogP contribution in [-0.2, 0) is 14.4 Å². The number of rotatable bonds is 17. The van der Waals surface area contributed by atoms with Gasteiger partial charge in [0.25, 0.3) is 0 Å². The maximum absolute atomic E-state index is 14.4. The summed E-state index contributed by atoms with van der Waals surface area (Å²) in [5.41, 5.74) is 2.89. The largest absolute Gasteiger partial charge is 0.390 e. The minimum absolute atomic E-state index is 0.0624. The third-order valence-corrected chi connectivity index (χ3v) is 9.13. The van der Waals surface area contributed by atoms with Gasteiger partial charge in [-0.3, -0.25) is 19.8 Å². The summed E-state index contributed by atoms with van der Waals surface area (Å²) in [4.78, 5) is 41.9. The second-order valence-corrected chi connectivity index (χ2v) is 13.6. The van der Waals surface area contributed by atoms with Crippen molar-refractivity contribution in [2.45, 2.75) is 137 Å². The van der Waals surface area contributed by atoms with Crippen molar-refractivity contribution >= 4 is 17.7 Å². The smallest absolute Gasteiger partial charge is 0.236 e. The van der Waals surface area contributed by atoms with Crippen LogP contribution in [-0.4, -0.2) is 83.4 Å². The van der Waals surface area contributed by atoms with E-state index in [1.54, 1.807) is 25.8 Å². The Labute approximate surface area is 270 Å². The van der Waals surface area contributed by atoms with Gasteiger partial charge in [0, 0.05) is 56.3 Å².